The second-order valence-electron chi connectivity index (χ2n) is 3.46. The lowest BCUT2D eigenvalue weighted by Gasteiger charge is -2.02. The van der Waals surface area contributed by atoms with E-state index in [0.717, 1.165) is 6.07 Å². The average molecular weight is 255 g/mol. The Bertz CT molecular complexity index is 527. The van der Waals surface area contributed by atoms with Gasteiger partial charge in [0.15, 0.2) is 0 Å². The van der Waals surface area contributed by atoms with Gasteiger partial charge < -0.3 is 0 Å². The maximum Gasteiger partial charge on any atom is 0.422 e. The summed E-state index contributed by atoms with van der Waals surface area (Å²) in [6, 6.07) is 2.11. The number of aryl methyl sites for hydroxylation is 1. The van der Waals surface area contributed by atoms with E-state index in [1.165, 1.54) is 6.07 Å². The third kappa shape index (κ3) is 2.39. The van der Waals surface area contributed by atoms with Crippen LogP contribution in [0.3, 0.4) is 0 Å². The van der Waals surface area contributed by atoms with Crippen molar-refractivity contribution in [3.05, 3.63) is 48.0 Å². The summed E-state index contributed by atoms with van der Waals surface area (Å²) in [4.78, 5) is 29.3. The van der Waals surface area contributed by atoms with Crippen LogP contribution in [0.15, 0.2) is 12.1 Å². The zero-order valence-corrected chi connectivity index (χ0v) is 9.36. The third-order valence-electron chi connectivity index (χ3n) is 2.29. The molecule has 0 aliphatic rings. The van der Waals surface area contributed by atoms with Gasteiger partial charge in [0.2, 0.25) is 0 Å². The van der Waals surface area contributed by atoms with E-state index in [-0.39, 0.29) is 12.0 Å². The van der Waals surface area contributed by atoms with Crippen LogP contribution in [0.1, 0.15) is 18.9 Å². The summed E-state index contributed by atoms with van der Waals surface area (Å²) in [5, 5.41) is 32.3. The molecular formula is C9H9N3O6. The summed E-state index contributed by atoms with van der Waals surface area (Å²) in [6.07, 6.45) is 0.783. The number of nitro groups is 3. The second-order valence-corrected chi connectivity index (χ2v) is 3.46. The topological polar surface area (TPSA) is 129 Å². The molecule has 9 heteroatoms. The SMILES string of the molecule is CCCc1ccc([N+](=O)[O-])c([N+](=O)[O-])c1[N+](=O)[O-]. The van der Waals surface area contributed by atoms with E-state index in [1.807, 2.05) is 0 Å². The van der Waals surface area contributed by atoms with E-state index < -0.39 is 31.8 Å². The predicted octanol–water partition coefficient (Wildman–Crippen LogP) is 2.36. The van der Waals surface area contributed by atoms with Gasteiger partial charge in [0.05, 0.1) is 14.8 Å². The summed E-state index contributed by atoms with van der Waals surface area (Å²) in [6.45, 7) is 1.75. The van der Waals surface area contributed by atoms with E-state index in [2.05, 4.69) is 0 Å². The molecule has 18 heavy (non-hydrogen) atoms. The molecule has 9 nitrogen and oxygen atoms in total. The number of hydrogen-bond acceptors (Lipinski definition) is 6. The molecule has 0 aromatic heterocycles. The molecule has 0 fully saturated rings. The first kappa shape index (κ1) is 13.5. The molecule has 0 radical (unpaired) electrons. The number of benzene rings is 1. The summed E-state index contributed by atoms with van der Waals surface area (Å²) >= 11 is 0. The van der Waals surface area contributed by atoms with E-state index in [9.17, 15) is 30.3 Å². The molecular weight excluding hydrogens is 246 g/mol. The monoisotopic (exact) mass is 255 g/mol. The first-order valence-corrected chi connectivity index (χ1v) is 4.99. The molecule has 0 bridgehead atoms. The van der Waals surface area contributed by atoms with Crippen LogP contribution in [0.2, 0.25) is 0 Å². The normalized spacial score (nSPS) is 10.1. The number of rotatable bonds is 5. The molecule has 1 aromatic rings. The molecule has 0 saturated heterocycles. The number of nitro benzene ring substituents is 3. The van der Waals surface area contributed by atoms with Gasteiger partial charge in [0, 0.05) is 11.6 Å². The fourth-order valence-corrected chi connectivity index (χ4v) is 1.61. The van der Waals surface area contributed by atoms with Crippen molar-refractivity contribution in [2.75, 3.05) is 0 Å². The van der Waals surface area contributed by atoms with Crippen LogP contribution in [0.5, 0.6) is 0 Å². The van der Waals surface area contributed by atoms with Crippen molar-refractivity contribution < 1.29 is 14.8 Å². The van der Waals surface area contributed by atoms with Gasteiger partial charge in [-0.2, -0.15) is 0 Å². The van der Waals surface area contributed by atoms with Crippen LogP contribution in [-0.4, -0.2) is 14.8 Å². The van der Waals surface area contributed by atoms with Crippen LogP contribution in [0.25, 0.3) is 0 Å². The minimum absolute atomic E-state index is 0.125. The maximum absolute atomic E-state index is 10.9. The number of hydrogen-bond donors (Lipinski definition) is 0. The minimum atomic E-state index is -1.09. The van der Waals surface area contributed by atoms with Gasteiger partial charge in [-0.3, -0.25) is 30.3 Å². The fraction of sp³-hybridized carbons (Fsp3) is 0.333. The van der Waals surface area contributed by atoms with Gasteiger partial charge >= 0.3 is 17.1 Å². The van der Waals surface area contributed by atoms with Crippen molar-refractivity contribution in [3.63, 3.8) is 0 Å². The van der Waals surface area contributed by atoms with Gasteiger partial charge in [-0.25, -0.2) is 0 Å². The highest BCUT2D eigenvalue weighted by molar-refractivity contribution is 5.69. The van der Waals surface area contributed by atoms with Crippen molar-refractivity contribution in [1.29, 1.82) is 0 Å². The minimum Gasteiger partial charge on any atom is -0.258 e. The van der Waals surface area contributed by atoms with Crippen molar-refractivity contribution in [2.24, 2.45) is 0 Å². The van der Waals surface area contributed by atoms with Gasteiger partial charge in [-0.15, -0.1) is 0 Å². The van der Waals surface area contributed by atoms with Crippen LogP contribution in [0, 0.1) is 30.3 Å². The predicted molar refractivity (Wildman–Crippen MR) is 60.4 cm³/mol. The van der Waals surface area contributed by atoms with Crippen molar-refractivity contribution in [2.45, 2.75) is 19.8 Å². The second kappa shape index (κ2) is 5.17. The Morgan fingerprint density at radius 2 is 1.50 bits per heavy atom. The standard InChI is InChI=1S/C9H9N3O6/c1-2-3-6-4-5-7(10(13)14)9(12(17)18)8(6)11(15)16/h4-5H,2-3H2,1H3. The van der Waals surface area contributed by atoms with Crippen LogP contribution >= 0.6 is 0 Å². The lowest BCUT2D eigenvalue weighted by atomic mass is 10.1. The quantitative estimate of drug-likeness (QED) is 0.586. The molecule has 0 saturated carbocycles. The summed E-state index contributed by atoms with van der Waals surface area (Å²) in [7, 11) is 0. The van der Waals surface area contributed by atoms with Crippen molar-refractivity contribution in [1.82, 2.24) is 0 Å². The van der Waals surface area contributed by atoms with Gasteiger partial charge in [0.1, 0.15) is 0 Å². The highest BCUT2D eigenvalue weighted by Crippen LogP contribution is 2.39. The summed E-state index contributed by atoms with van der Waals surface area (Å²) in [5.41, 5.74) is -2.60. The largest absolute Gasteiger partial charge is 0.422 e. The van der Waals surface area contributed by atoms with E-state index in [1.54, 1.807) is 6.92 Å². The lowest BCUT2D eigenvalue weighted by Crippen LogP contribution is -2.04. The van der Waals surface area contributed by atoms with Crippen LogP contribution < -0.4 is 0 Å². The molecule has 0 N–H and O–H groups in total. The van der Waals surface area contributed by atoms with Gasteiger partial charge in [-0.05, 0) is 12.5 Å². The molecule has 1 rings (SSSR count). The zero-order valence-electron chi connectivity index (χ0n) is 9.36. The number of nitrogens with zero attached hydrogens (tertiary/aromatic N) is 3. The highest BCUT2D eigenvalue weighted by atomic mass is 16.6. The van der Waals surface area contributed by atoms with Gasteiger partial charge in [-0.1, -0.05) is 13.3 Å². The Balaban J connectivity index is 3.65. The molecule has 0 unspecified atom stereocenters. The Labute approximate surface area is 100 Å². The van der Waals surface area contributed by atoms with E-state index in [0.29, 0.717) is 6.42 Å². The summed E-state index contributed by atoms with van der Waals surface area (Å²) < 4.78 is 0. The van der Waals surface area contributed by atoms with Crippen LogP contribution in [-0.2, 0) is 6.42 Å². The van der Waals surface area contributed by atoms with Crippen molar-refractivity contribution in [3.8, 4) is 0 Å². The zero-order chi connectivity index (χ0) is 13.9. The first-order valence-electron chi connectivity index (χ1n) is 4.99. The van der Waals surface area contributed by atoms with Crippen molar-refractivity contribution >= 4 is 17.1 Å². The molecule has 0 aliphatic heterocycles. The third-order valence-corrected chi connectivity index (χ3v) is 2.29. The van der Waals surface area contributed by atoms with E-state index >= 15 is 0 Å². The fourth-order valence-electron chi connectivity index (χ4n) is 1.61. The average Bonchev–Trinajstić information content (AvgIpc) is 2.27. The van der Waals surface area contributed by atoms with Gasteiger partial charge in [0.25, 0.3) is 0 Å². The van der Waals surface area contributed by atoms with Crippen LogP contribution in [0.4, 0.5) is 17.1 Å². The Morgan fingerprint density at radius 1 is 0.944 bits per heavy atom. The first-order chi connectivity index (χ1) is 8.40. The van der Waals surface area contributed by atoms with E-state index in [4.69, 9.17) is 0 Å². The molecule has 96 valence electrons. The molecule has 0 atom stereocenters. The highest BCUT2D eigenvalue weighted by Gasteiger charge is 2.38. The Morgan fingerprint density at radius 3 is 1.89 bits per heavy atom. The molecule has 0 amide bonds. The smallest absolute Gasteiger partial charge is 0.258 e. The Kier molecular flexibility index (Phi) is 3.87. The molecule has 0 spiro atoms. The Hall–Kier alpha value is -2.58. The maximum atomic E-state index is 10.9. The lowest BCUT2D eigenvalue weighted by molar-refractivity contribution is -0.441. The molecule has 0 heterocycles. The summed E-state index contributed by atoms with van der Waals surface area (Å²) in [5.74, 6) is 0. The molecule has 0 aliphatic carbocycles. The molecule has 1 aromatic carbocycles.